The molecule has 0 bridgehead atoms. The standard InChI is InChI=1S/C16H15N3O2/c1-18(11-14-7-3-2-6-13(14)10-17)12-15-8-4-5-9-16(15)19(20)21/h2-9H,11-12H2,1H3. The van der Waals surface area contributed by atoms with E-state index in [4.69, 9.17) is 5.26 Å². The third kappa shape index (κ3) is 3.65. The average Bonchev–Trinajstić information content (AvgIpc) is 2.48. The summed E-state index contributed by atoms with van der Waals surface area (Å²) in [5, 5.41) is 20.1. The lowest BCUT2D eigenvalue weighted by Crippen LogP contribution is -2.18. The zero-order valence-corrected chi connectivity index (χ0v) is 11.7. The fraction of sp³-hybridized carbons (Fsp3) is 0.188. The molecule has 0 atom stereocenters. The van der Waals surface area contributed by atoms with Gasteiger partial charge in [-0.15, -0.1) is 0 Å². The van der Waals surface area contributed by atoms with Crippen molar-refractivity contribution in [3.63, 3.8) is 0 Å². The average molecular weight is 281 g/mol. The first-order chi connectivity index (χ1) is 10.1. The van der Waals surface area contributed by atoms with Gasteiger partial charge in [0.05, 0.1) is 16.6 Å². The van der Waals surface area contributed by atoms with E-state index in [2.05, 4.69) is 6.07 Å². The van der Waals surface area contributed by atoms with Crippen LogP contribution in [0.4, 0.5) is 5.69 Å². The molecule has 0 spiro atoms. The first kappa shape index (κ1) is 14.7. The number of nitrogens with zero attached hydrogens (tertiary/aromatic N) is 3. The van der Waals surface area contributed by atoms with Crippen LogP contribution >= 0.6 is 0 Å². The minimum Gasteiger partial charge on any atom is -0.298 e. The lowest BCUT2D eigenvalue weighted by Gasteiger charge is -2.17. The second kappa shape index (κ2) is 6.64. The Bertz CT molecular complexity index is 692. The van der Waals surface area contributed by atoms with Gasteiger partial charge in [-0.1, -0.05) is 36.4 Å². The Labute approximate surface area is 123 Å². The number of nitro groups is 1. The van der Waals surface area contributed by atoms with Crippen molar-refractivity contribution in [2.45, 2.75) is 13.1 Å². The van der Waals surface area contributed by atoms with Crippen molar-refractivity contribution < 1.29 is 4.92 Å². The van der Waals surface area contributed by atoms with Crippen LogP contribution < -0.4 is 0 Å². The van der Waals surface area contributed by atoms with Crippen LogP contribution in [-0.2, 0) is 13.1 Å². The van der Waals surface area contributed by atoms with E-state index in [1.807, 2.05) is 30.1 Å². The van der Waals surface area contributed by atoms with Gasteiger partial charge in [0.25, 0.3) is 5.69 Å². The van der Waals surface area contributed by atoms with E-state index in [9.17, 15) is 10.1 Å². The lowest BCUT2D eigenvalue weighted by molar-refractivity contribution is -0.385. The van der Waals surface area contributed by atoms with Crippen molar-refractivity contribution in [1.29, 1.82) is 5.26 Å². The van der Waals surface area contributed by atoms with Crippen LogP contribution in [0.2, 0.25) is 0 Å². The monoisotopic (exact) mass is 281 g/mol. The van der Waals surface area contributed by atoms with E-state index in [0.717, 1.165) is 5.56 Å². The smallest absolute Gasteiger partial charge is 0.273 e. The Morgan fingerprint density at radius 3 is 2.33 bits per heavy atom. The highest BCUT2D eigenvalue weighted by Gasteiger charge is 2.14. The van der Waals surface area contributed by atoms with Crippen molar-refractivity contribution in [1.82, 2.24) is 4.90 Å². The molecular formula is C16H15N3O2. The summed E-state index contributed by atoms with van der Waals surface area (Å²) in [5.41, 5.74) is 2.34. The number of hydrogen-bond donors (Lipinski definition) is 0. The molecule has 5 nitrogen and oxygen atoms in total. The Morgan fingerprint density at radius 2 is 1.67 bits per heavy atom. The van der Waals surface area contributed by atoms with Crippen LogP contribution in [0.25, 0.3) is 0 Å². The van der Waals surface area contributed by atoms with Gasteiger partial charge in [-0.2, -0.15) is 5.26 Å². The molecule has 2 aromatic carbocycles. The maximum atomic E-state index is 11.0. The number of nitriles is 1. The van der Waals surface area contributed by atoms with Gasteiger partial charge in [-0.25, -0.2) is 0 Å². The van der Waals surface area contributed by atoms with Gasteiger partial charge in [0.1, 0.15) is 0 Å². The Morgan fingerprint density at radius 1 is 1.10 bits per heavy atom. The maximum Gasteiger partial charge on any atom is 0.273 e. The summed E-state index contributed by atoms with van der Waals surface area (Å²) in [6.45, 7) is 1.02. The molecule has 0 radical (unpaired) electrons. The molecule has 0 fully saturated rings. The highest BCUT2D eigenvalue weighted by atomic mass is 16.6. The van der Waals surface area contributed by atoms with Gasteiger partial charge >= 0.3 is 0 Å². The molecular weight excluding hydrogens is 266 g/mol. The SMILES string of the molecule is CN(Cc1ccccc1C#N)Cc1ccccc1[N+](=O)[O-]. The summed E-state index contributed by atoms with van der Waals surface area (Å²) >= 11 is 0. The van der Waals surface area contributed by atoms with E-state index in [-0.39, 0.29) is 10.6 Å². The highest BCUT2D eigenvalue weighted by Crippen LogP contribution is 2.20. The first-order valence-corrected chi connectivity index (χ1v) is 6.50. The molecule has 2 rings (SSSR count). The number of benzene rings is 2. The molecule has 0 aliphatic heterocycles. The first-order valence-electron chi connectivity index (χ1n) is 6.50. The lowest BCUT2D eigenvalue weighted by atomic mass is 10.1. The minimum atomic E-state index is -0.369. The Balaban J connectivity index is 2.14. The summed E-state index contributed by atoms with van der Waals surface area (Å²) in [6, 6.07) is 16.2. The van der Waals surface area contributed by atoms with Crippen LogP contribution in [0.1, 0.15) is 16.7 Å². The molecule has 2 aromatic rings. The van der Waals surface area contributed by atoms with Crippen molar-refractivity contribution in [2.75, 3.05) is 7.05 Å². The maximum absolute atomic E-state index is 11.0. The van der Waals surface area contributed by atoms with Gasteiger partial charge in [0.2, 0.25) is 0 Å². The van der Waals surface area contributed by atoms with Crippen LogP contribution in [0.5, 0.6) is 0 Å². The van der Waals surface area contributed by atoms with Crippen molar-refractivity contribution in [3.05, 3.63) is 75.3 Å². The predicted octanol–water partition coefficient (Wildman–Crippen LogP) is 3.10. The van der Waals surface area contributed by atoms with Gasteiger partial charge in [0, 0.05) is 24.7 Å². The van der Waals surface area contributed by atoms with E-state index < -0.39 is 0 Å². The van der Waals surface area contributed by atoms with Gasteiger partial charge in [0.15, 0.2) is 0 Å². The van der Waals surface area contributed by atoms with E-state index >= 15 is 0 Å². The zero-order chi connectivity index (χ0) is 15.2. The van der Waals surface area contributed by atoms with Crippen molar-refractivity contribution in [2.24, 2.45) is 0 Å². The number of nitro benzene ring substituents is 1. The molecule has 0 aliphatic rings. The fourth-order valence-electron chi connectivity index (χ4n) is 2.23. The summed E-state index contributed by atoms with van der Waals surface area (Å²) in [6.07, 6.45) is 0. The van der Waals surface area contributed by atoms with Crippen LogP contribution in [0.15, 0.2) is 48.5 Å². The molecule has 21 heavy (non-hydrogen) atoms. The molecule has 0 heterocycles. The summed E-state index contributed by atoms with van der Waals surface area (Å²) in [4.78, 5) is 12.6. The highest BCUT2D eigenvalue weighted by molar-refractivity contribution is 5.40. The number of hydrogen-bond acceptors (Lipinski definition) is 4. The molecule has 0 aromatic heterocycles. The van der Waals surface area contributed by atoms with Gasteiger partial charge in [-0.3, -0.25) is 15.0 Å². The van der Waals surface area contributed by atoms with Crippen molar-refractivity contribution >= 4 is 5.69 Å². The number of rotatable bonds is 5. The third-order valence-electron chi connectivity index (χ3n) is 3.21. The zero-order valence-electron chi connectivity index (χ0n) is 11.7. The Kier molecular flexibility index (Phi) is 4.64. The molecule has 0 amide bonds. The molecule has 5 heteroatoms. The van der Waals surface area contributed by atoms with Crippen LogP contribution in [0.3, 0.4) is 0 Å². The predicted molar refractivity (Wildman–Crippen MR) is 79.4 cm³/mol. The minimum absolute atomic E-state index is 0.123. The van der Waals surface area contributed by atoms with Crippen LogP contribution in [-0.4, -0.2) is 16.9 Å². The topological polar surface area (TPSA) is 70.2 Å². The van der Waals surface area contributed by atoms with Crippen LogP contribution in [0, 0.1) is 21.4 Å². The summed E-state index contributed by atoms with van der Waals surface area (Å²) in [7, 11) is 1.88. The molecule has 0 aliphatic carbocycles. The van der Waals surface area contributed by atoms with Gasteiger partial charge < -0.3 is 0 Å². The fourth-order valence-corrected chi connectivity index (χ4v) is 2.23. The van der Waals surface area contributed by atoms with E-state index in [0.29, 0.717) is 24.2 Å². The second-order valence-corrected chi connectivity index (χ2v) is 4.83. The largest absolute Gasteiger partial charge is 0.298 e. The summed E-state index contributed by atoms with van der Waals surface area (Å²) < 4.78 is 0. The normalized spacial score (nSPS) is 10.3. The molecule has 0 unspecified atom stereocenters. The molecule has 0 N–H and O–H groups in total. The van der Waals surface area contributed by atoms with Crippen molar-refractivity contribution in [3.8, 4) is 6.07 Å². The second-order valence-electron chi connectivity index (χ2n) is 4.83. The van der Waals surface area contributed by atoms with Gasteiger partial charge in [-0.05, 0) is 18.7 Å². The molecule has 0 saturated carbocycles. The molecule has 0 saturated heterocycles. The summed E-state index contributed by atoms with van der Waals surface area (Å²) in [5.74, 6) is 0. The molecule has 106 valence electrons. The number of para-hydroxylation sites is 1. The quantitative estimate of drug-likeness (QED) is 0.623. The van der Waals surface area contributed by atoms with E-state index in [1.54, 1.807) is 24.3 Å². The van der Waals surface area contributed by atoms with E-state index in [1.165, 1.54) is 6.07 Å². The Hall–Kier alpha value is -2.71. The third-order valence-corrected chi connectivity index (χ3v) is 3.21.